The summed E-state index contributed by atoms with van der Waals surface area (Å²) in [4.78, 5) is 12.8. The highest BCUT2D eigenvalue weighted by molar-refractivity contribution is 7.80. The summed E-state index contributed by atoms with van der Waals surface area (Å²) in [5, 5.41) is 7.30. The molecule has 0 saturated carbocycles. The van der Waals surface area contributed by atoms with E-state index in [1.807, 2.05) is 19.1 Å². The second-order valence-corrected chi connectivity index (χ2v) is 8.03. The number of carbonyl (C=O) groups excluding carboxylic acids is 1. The van der Waals surface area contributed by atoms with Crippen LogP contribution in [0.4, 0.5) is 5.69 Å². The molecule has 1 heterocycles. The minimum Gasteiger partial charge on any atom is -0.497 e. The van der Waals surface area contributed by atoms with Gasteiger partial charge in [0, 0.05) is 29.3 Å². The third-order valence-electron chi connectivity index (χ3n) is 4.63. The zero-order chi connectivity index (χ0) is 20.5. The predicted molar refractivity (Wildman–Crippen MR) is 113 cm³/mol. The van der Waals surface area contributed by atoms with E-state index in [1.165, 1.54) is 0 Å². The third-order valence-corrected chi connectivity index (χ3v) is 4.72. The fourth-order valence-electron chi connectivity index (χ4n) is 3.44. The number of amides is 1. The van der Waals surface area contributed by atoms with Gasteiger partial charge in [0.05, 0.1) is 12.8 Å². The SMILES string of the molecule is COc1cccc(NC(=O)c2oc3c(c2C)/C(=N\NC(N)=S)CC(C)(C)C3)c1. The summed E-state index contributed by atoms with van der Waals surface area (Å²) in [6, 6.07) is 7.16. The molecule has 3 rings (SSSR count). The molecule has 0 aliphatic heterocycles. The van der Waals surface area contributed by atoms with Crippen LogP contribution in [0.2, 0.25) is 0 Å². The van der Waals surface area contributed by atoms with Gasteiger partial charge in [-0.2, -0.15) is 5.10 Å². The van der Waals surface area contributed by atoms with Gasteiger partial charge in [-0.05, 0) is 43.1 Å². The minimum absolute atomic E-state index is 0.0609. The Hall–Kier alpha value is -2.87. The number of ether oxygens (including phenoxy) is 1. The van der Waals surface area contributed by atoms with E-state index in [0.717, 1.165) is 22.6 Å². The highest BCUT2D eigenvalue weighted by Gasteiger charge is 2.36. The average Bonchev–Trinajstić information content (AvgIpc) is 2.95. The molecule has 8 heteroatoms. The number of hydrogen-bond acceptors (Lipinski definition) is 5. The molecule has 0 unspecified atom stereocenters. The largest absolute Gasteiger partial charge is 0.497 e. The van der Waals surface area contributed by atoms with Crippen LogP contribution < -0.4 is 21.2 Å². The van der Waals surface area contributed by atoms with Gasteiger partial charge >= 0.3 is 0 Å². The van der Waals surface area contributed by atoms with E-state index >= 15 is 0 Å². The van der Waals surface area contributed by atoms with Gasteiger partial charge in [-0.15, -0.1) is 0 Å². The van der Waals surface area contributed by atoms with Gasteiger partial charge in [-0.3, -0.25) is 10.2 Å². The Kier molecular flexibility index (Phi) is 5.42. The molecule has 1 aliphatic rings. The van der Waals surface area contributed by atoms with E-state index in [0.29, 0.717) is 24.3 Å². The monoisotopic (exact) mass is 400 g/mol. The maximum Gasteiger partial charge on any atom is 0.291 e. The molecule has 1 amide bonds. The molecule has 0 radical (unpaired) electrons. The van der Waals surface area contributed by atoms with E-state index in [2.05, 4.69) is 29.7 Å². The van der Waals surface area contributed by atoms with Gasteiger partial charge in [-0.25, -0.2) is 0 Å². The Bertz CT molecular complexity index is 962. The summed E-state index contributed by atoms with van der Waals surface area (Å²) >= 11 is 4.85. The zero-order valence-electron chi connectivity index (χ0n) is 16.4. The fourth-order valence-corrected chi connectivity index (χ4v) is 3.48. The third kappa shape index (κ3) is 4.17. The van der Waals surface area contributed by atoms with Crippen molar-refractivity contribution in [3.63, 3.8) is 0 Å². The number of nitrogens with one attached hydrogen (secondary N) is 2. The van der Waals surface area contributed by atoms with Gasteiger partial charge in [0.1, 0.15) is 11.5 Å². The van der Waals surface area contributed by atoms with Crippen molar-refractivity contribution >= 4 is 34.6 Å². The first-order valence-electron chi connectivity index (χ1n) is 8.90. The number of furan rings is 1. The van der Waals surface area contributed by atoms with Crippen molar-refractivity contribution in [2.24, 2.45) is 16.3 Å². The summed E-state index contributed by atoms with van der Waals surface area (Å²) in [5.74, 6) is 1.36. The Morgan fingerprint density at radius 1 is 1.36 bits per heavy atom. The number of carbonyl (C=O) groups is 1. The van der Waals surface area contributed by atoms with Crippen LogP contribution in [0.15, 0.2) is 33.8 Å². The van der Waals surface area contributed by atoms with Crippen molar-refractivity contribution in [2.75, 3.05) is 12.4 Å². The van der Waals surface area contributed by atoms with Crippen molar-refractivity contribution in [1.82, 2.24) is 5.43 Å². The van der Waals surface area contributed by atoms with E-state index in [4.69, 9.17) is 27.1 Å². The number of fused-ring (bicyclic) bond motifs is 1. The summed E-state index contributed by atoms with van der Waals surface area (Å²) in [7, 11) is 1.58. The Morgan fingerprint density at radius 2 is 2.11 bits per heavy atom. The maximum absolute atomic E-state index is 12.8. The first-order chi connectivity index (χ1) is 13.2. The van der Waals surface area contributed by atoms with Crippen LogP contribution >= 0.6 is 12.2 Å². The van der Waals surface area contributed by atoms with Gasteiger partial charge in [0.15, 0.2) is 10.9 Å². The quantitative estimate of drug-likeness (QED) is 0.537. The van der Waals surface area contributed by atoms with Crippen molar-refractivity contribution in [3.8, 4) is 5.75 Å². The predicted octanol–water partition coefficient (Wildman–Crippen LogP) is 3.36. The lowest BCUT2D eigenvalue weighted by Gasteiger charge is -2.29. The summed E-state index contributed by atoms with van der Waals surface area (Å²) < 4.78 is 11.2. The molecule has 2 aromatic rings. The van der Waals surface area contributed by atoms with E-state index < -0.39 is 0 Å². The van der Waals surface area contributed by atoms with Crippen LogP contribution in [-0.4, -0.2) is 23.8 Å². The number of anilines is 1. The normalized spacial score (nSPS) is 16.4. The number of benzene rings is 1. The summed E-state index contributed by atoms with van der Waals surface area (Å²) in [5.41, 5.74) is 11.1. The molecular formula is C20H24N4O3S. The van der Waals surface area contributed by atoms with Gasteiger partial charge in [-0.1, -0.05) is 19.9 Å². The Balaban J connectivity index is 1.95. The second kappa shape index (κ2) is 7.63. The molecule has 0 spiro atoms. The summed E-state index contributed by atoms with van der Waals surface area (Å²) in [6.45, 7) is 6.11. The zero-order valence-corrected chi connectivity index (χ0v) is 17.2. The number of methoxy groups -OCH3 is 1. The highest BCUT2D eigenvalue weighted by Crippen LogP contribution is 2.39. The van der Waals surface area contributed by atoms with Gasteiger partial charge in [0.2, 0.25) is 0 Å². The smallest absolute Gasteiger partial charge is 0.291 e. The van der Waals surface area contributed by atoms with Crippen LogP contribution in [0, 0.1) is 12.3 Å². The number of nitrogens with zero attached hydrogens (tertiary/aromatic N) is 1. The van der Waals surface area contributed by atoms with Crippen LogP contribution in [0.3, 0.4) is 0 Å². The van der Waals surface area contributed by atoms with Crippen molar-refractivity contribution < 1.29 is 13.9 Å². The van der Waals surface area contributed by atoms with Crippen LogP contribution in [0.25, 0.3) is 0 Å². The molecule has 7 nitrogen and oxygen atoms in total. The average molecular weight is 401 g/mol. The topological polar surface area (TPSA) is 102 Å². The van der Waals surface area contributed by atoms with Crippen molar-refractivity contribution in [1.29, 1.82) is 0 Å². The molecule has 1 aliphatic carbocycles. The Labute approximate surface area is 169 Å². The lowest BCUT2D eigenvalue weighted by Crippen LogP contribution is -2.31. The molecule has 148 valence electrons. The fraction of sp³-hybridized carbons (Fsp3) is 0.350. The van der Waals surface area contributed by atoms with Crippen LogP contribution in [0.1, 0.15) is 47.7 Å². The van der Waals surface area contributed by atoms with Gasteiger partial charge < -0.3 is 20.2 Å². The molecule has 28 heavy (non-hydrogen) atoms. The van der Waals surface area contributed by atoms with E-state index in [1.54, 1.807) is 19.2 Å². The molecule has 1 aromatic carbocycles. The first-order valence-corrected chi connectivity index (χ1v) is 9.31. The minimum atomic E-state index is -0.320. The molecule has 0 fully saturated rings. The number of hydrogen-bond donors (Lipinski definition) is 3. The van der Waals surface area contributed by atoms with Gasteiger partial charge in [0.25, 0.3) is 5.91 Å². The molecule has 0 bridgehead atoms. The lowest BCUT2D eigenvalue weighted by molar-refractivity contribution is 0.0993. The van der Waals surface area contributed by atoms with E-state index in [9.17, 15) is 4.79 Å². The molecular weight excluding hydrogens is 376 g/mol. The van der Waals surface area contributed by atoms with Crippen molar-refractivity contribution in [3.05, 3.63) is 46.9 Å². The molecule has 1 aromatic heterocycles. The summed E-state index contributed by atoms with van der Waals surface area (Å²) in [6.07, 6.45) is 1.43. The second-order valence-electron chi connectivity index (χ2n) is 7.59. The standard InChI is InChI=1S/C20H24N4O3S/c1-11-16-14(23-24-19(21)28)9-20(2,3)10-15(16)27-17(11)18(25)22-12-6-5-7-13(8-12)26-4/h5-8H,9-10H2,1-4H3,(H,22,25)(H3,21,24,28)/b23-14-. The maximum atomic E-state index is 12.8. The molecule has 0 atom stereocenters. The Morgan fingerprint density at radius 3 is 2.79 bits per heavy atom. The van der Waals surface area contributed by atoms with E-state index in [-0.39, 0.29) is 22.2 Å². The first kappa shape index (κ1) is 19.9. The lowest BCUT2D eigenvalue weighted by atomic mass is 9.75. The highest BCUT2D eigenvalue weighted by atomic mass is 32.1. The van der Waals surface area contributed by atoms with Crippen molar-refractivity contribution in [2.45, 2.75) is 33.6 Å². The number of thiocarbonyl (C=S) groups is 1. The number of nitrogens with two attached hydrogens (primary N) is 1. The molecule has 4 N–H and O–H groups in total. The number of hydrazone groups is 1. The van der Waals surface area contributed by atoms with Crippen LogP contribution in [0.5, 0.6) is 5.75 Å². The number of rotatable bonds is 4. The molecule has 0 saturated heterocycles. The van der Waals surface area contributed by atoms with Crippen LogP contribution in [-0.2, 0) is 6.42 Å².